The van der Waals surface area contributed by atoms with Gasteiger partial charge in [-0.1, -0.05) is 12.8 Å². The Hall–Kier alpha value is -1.01. The second kappa shape index (κ2) is 9.46. The standard InChI is InChI=1S/C20H31N3O5S3/c24-19(21-17-14-30(25,26)15-18(17)22-9-3-1-4-10-22)13-16-7-8-20(29-16)31(27,28)23-11-5-2-6-12-23/h7-8,17-18H,1-6,9-15H2,(H,21,24)/t17-,18+/m0/s1. The van der Waals surface area contributed by atoms with E-state index in [1.165, 1.54) is 4.31 Å². The third-order valence-corrected chi connectivity index (χ3v) is 11.6. The van der Waals surface area contributed by atoms with Crippen LogP contribution in [0.15, 0.2) is 16.3 Å². The van der Waals surface area contributed by atoms with Crippen LogP contribution in [0.1, 0.15) is 43.4 Å². The Morgan fingerprint density at radius 2 is 1.65 bits per heavy atom. The lowest BCUT2D eigenvalue weighted by molar-refractivity contribution is -0.121. The number of amides is 1. The van der Waals surface area contributed by atoms with E-state index in [-0.39, 0.29) is 34.1 Å². The molecule has 0 radical (unpaired) electrons. The van der Waals surface area contributed by atoms with E-state index < -0.39 is 25.9 Å². The van der Waals surface area contributed by atoms with Gasteiger partial charge in [0.1, 0.15) is 4.21 Å². The van der Waals surface area contributed by atoms with Crippen LogP contribution in [0.3, 0.4) is 0 Å². The van der Waals surface area contributed by atoms with E-state index in [1.807, 2.05) is 0 Å². The van der Waals surface area contributed by atoms with Crippen molar-refractivity contribution in [3.63, 3.8) is 0 Å². The minimum atomic E-state index is -3.50. The first kappa shape index (κ1) is 23.2. The van der Waals surface area contributed by atoms with Gasteiger partial charge in [0.25, 0.3) is 10.0 Å². The van der Waals surface area contributed by atoms with Crippen LogP contribution in [0.25, 0.3) is 0 Å². The molecule has 8 nitrogen and oxygen atoms in total. The van der Waals surface area contributed by atoms with Crippen LogP contribution in [0, 0.1) is 0 Å². The molecule has 174 valence electrons. The second-order valence-corrected chi connectivity index (χ2v) is 14.3. The number of hydrogen-bond acceptors (Lipinski definition) is 7. The lowest BCUT2D eigenvalue weighted by atomic mass is 10.0. The van der Waals surface area contributed by atoms with Crippen molar-refractivity contribution in [1.29, 1.82) is 0 Å². The number of piperidine rings is 2. The summed E-state index contributed by atoms with van der Waals surface area (Å²) in [7, 11) is -6.68. The number of sulfonamides is 1. The van der Waals surface area contributed by atoms with Crippen molar-refractivity contribution in [2.45, 2.75) is 61.2 Å². The van der Waals surface area contributed by atoms with Crippen molar-refractivity contribution >= 4 is 37.1 Å². The number of nitrogens with one attached hydrogen (secondary N) is 1. The number of sulfone groups is 1. The molecule has 1 amide bonds. The first-order valence-corrected chi connectivity index (χ1v) is 15.2. The number of thiophene rings is 1. The van der Waals surface area contributed by atoms with Crippen molar-refractivity contribution < 1.29 is 21.6 Å². The van der Waals surface area contributed by atoms with Gasteiger partial charge in [-0.25, -0.2) is 16.8 Å². The summed E-state index contributed by atoms with van der Waals surface area (Å²) in [6.45, 7) is 2.83. The predicted molar refractivity (Wildman–Crippen MR) is 120 cm³/mol. The number of hydrogen-bond donors (Lipinski definition) is 1. The van der Waals surface area contributed by atoms with Crippen molar-refractivity contribution in [2.75, 3.05) is 37.7 Å². The molecule has 3 saturated heterocycles. The van der Waals surface area contributed by atoms with E-state index in [9.17, 15) is 21.6 Å². The van der Waals surface area contributed by atoms with Crippen LogP contribution in [-0.4, -0.2) is 81.7 Å². The van der Waals surface area contributed by atoms with Crippen LogP contribution in [-0.2, 0) is 31.1 Å². The van der Waals surface area contributed by atoms with E-state index in [2.05, 4.69) is 10.2 Å². The highest BCUT2D eigenvalue weighted by atomic mass is 32.2. The third kappa shape index (κ3) is 5.50. The lowest BCUT2D eigenvalue weighted by Gasteiger charge is -2.35. The molecule has 2 atom stereocenters. The smallest absolute Gasteiger partial charge is 0.252 e. The first-order valence-electron chi connectivity index (χ1n) is 11.1. The first-order chi connectivity index (χ1) is 14.7. The lowest BCUT2D eigenvalue weighted by Crippen LogP contribution is -2.52. The zero-order valence-electron chi connectivity index (χ0n) is 17.7. The van der Waals surface area contributed by atoms with Gasteiger partial charge in [-0.2, -0.15) is 4.31 Å². The number of likely N-dealkylation sites (tertiary alicyclic amines) is 1. The van der Waals surface area contributed by atoms with Crippen LogP contribution < -0.4 is 5.32 Å². The van der Waals surface area contributed by atoms with E-state index >= 15 is 0 Å². The maximum absolute atomic E-state index is 12.8. The number of carbonyl (C=O) groups is 1. The van der Waals surface area contributed by atoms with Crippen LogP contribution in [0.5, 0.6) is 0 Å². The zero-order chi connectivity index (χ0) is 22.1. The average Bonchev–Trinajstić information content (AvgIpc) is 3.33. The summed E-state index contributed by atoms with van der Waals surface area (Å²) in [4.78, 5) is 15.6. The maximum atomic E-state index is 12.8. The highest BCUT2D eigenvalue weighted by Gasteiger charge is 2.42. The summed E-state index contributed by atoms with van der Waals surface area (Å²) in [5, 5.41) is 2.93. The normalized spacial score (nSPS) is 27.9. The molecule has 1 N–H and O–H groups in total. The zero-order valence-corrected chi connectivity index (χ0v) is 20.1. The van der Waals surface area contributed by atoms with E-state index in [1.54, 1.807) is 12.1 Å². The molecule has 0 aromatic carbocycles. The Balaban J connectivity index is 1.39. The molecule has 1 aromatic rings. The van der Waals surface area contributed by atoms with E-state index in [0.717, 1.165) is 63.0 Å². The summed E-state index contributed by atoms with van der Waals surface area (Å²) in [5.41, 5.74) is 0. The van der Waals surface area contributed by atoms with Gasteiger partial charge in [0, 0.05) is 24.0 Å². The van der Waals surface area contributed by atoms with Gasteiger partial charge < -0.3 is 5.32 Å². The van der Waals surface area contributed by atoms with Crippen molar-refractivity contribution in [3.05, 3.63) is 17.0 Å². The quantitative estimate of drug-likeness (QED) is 0.645. The Bertz CT molecular complexity index is 993. The van der Waals surface area contributed by atoms with Crippen molar-refractivity contribution in [3.8, 4) is 0 Å². The summed E-state index contributed by atoms with van der Waals surface area (Å²) >= 11 is 1.13. The molecule has 0 spiro atoms. The minimum Gasteiger partial charge on any atom is -0.350 e. The van der Waals surface area contributed by atoms with E-state index in [4.69, 9.17) is 0 Å². The molecule has 4 heterocycles. The molecule has 1 aromatic heterocycles. The third-order valence-electron chi connectivity index (χ3n) is 6.41. The molecular weight excluding hydrogens is 458 g/mol. The van der Waals surface area contributed by atoms with Crippen molar-refractivity contribution in [2.24, 2.45) is 0 Å². The number of carbonyl (C=O) groups excluding carboxylic acids is 1. The average molecular weight is 490 g/mol. The fourth-order valence-corrected chi connectivity index (χ4v) is 9.80. The molecule has 4 rings (SSSR count). The summed E-state index contributed by atoms with van der Waals surface area (Å²) < 4.78 is 51.9. The van der Waals surface area contributed by atoms with Gasteiger partial charge >= 0.3 is 0 Å². The monoisotopic (exact) mass is 489 g/mol. The molecule has 0 aliphatic carbocycles. The number of rotatable bonds is 6. The SMILES string of the molecule is O=C(Cc1ccc(S(=O)(=O)N2CCCCC2)s1)N[C@H]1CS(=O)(=O)C[C@H]1N1CCCCC1. The minimum absolute atomic E-state index is 0.0288. The van der Waals surface area contributed by atoms with Crippen LogP contribution in [0.2, 0.25) is 0 Å². The van der Waals surface area contributed by atoms with Gasteiger partial charge in [0.05, 0.1) is 24.0 Å². The molecule has 11 heteroatoms. The van der Waals surface area contributed by atoms with Crippen LogP contribution in [0.4, 0.5) is 0 Å². The van der Waals surface area contributed by atoms with Crippen LogP contribution >= 0.6 is 11.3 Å². The van der Waals surface area contributed by atoms with Gasteiger partial charge in [-0.3, -0.25) is 9.69 Å². The Labute approximate surface area is 189 Å². The molecule has 0 saturated carbocycles. The number of nitrogens with zero attached hydrogens (tertiary/aromatic N) is 2. The molecule has 31 heavy (non-hydrogen) atoms. The largest absolute Gasteiger partial charge is 0.350 e. The van der Waals surface area contributed by atoms with Crippen molar-refractivity contribution in [1.82, 2.24) is 14.5 Å². The van der Waals surface area contributed by atoms with E-state index in [0.29, 0.717) is 18.0 Å². The maximum Gasteiger partial charge on any atom is 0.252 e. The Morgan fingerprint density at radius 1 is 1.00 bits per heavy atom. The highest BCUT2D eigenvalue weighted by molar-refractivity contribution is 7.91. The molecule has 0 bridgehead atoms. The van der Waals surface area contributed by atoms with Gasteiger partial charge in [-0.05, 0) is 50.9 Å². The van der Waals surface area contributed by atoms with Gasteiger partial charge in [0.2, 0.25) is 5.91 Å². The summed E-state index contributed by atoms with van der Waals surface area (Å²) in [5.74, 6) is -0.193. The molecule has 0 unspecified atom stereocenters. The fraction of sp³-hybridized carbons (Fsp3) is 0.750. The van der Waals surface area contributed by atoms with Gasteiger partial charge in [-0.15, -0.1) is 11.3 Å². The topological polar surface area (TPSA) is 104 Å². The predicted octanol–water partition coefficient (Wildman–Crippen LogP) is 1.23. The highest BCUT2D eigenvalue weighted by Crippen LogP contribution is 2.28. The van der Waals surface area contributed by atoms with Gasteiger partial charge in [0.15, 0.2) is 9.84 Å². The molecule has 3 aliphatic rings. The Morgan fingerprint density at radius 3 is 2.32 bits per heavy atom. The Kier molecular flexibility index (Phi) is 7.07. The fourth-order valence-electron chi connectivity index (χ4n) is 4.82. The summed E-state index contributed by atoms with van der Waals surface area (Å²) in [6, 6.07) is 2.68. The molecule has 3 aliphatic heterocycles. The summed E-state index contributed by atoms with van der Waals surface area (Å²) in [6.07, 6.45) is 6.14. The molecular formula is C20H31N3O5S3. The molecule has 3 fully saturated rings. The second-order valence-electron chi connectivity index (χ2n) is 8.78.